The predicted molar refractivity (Wildman–Crippen MR) is 101 cm³/mol. The summed E-state index contributed by atoms with van der Waals surface area (Å²) in [6, 6.07) is 8.99. The lowest BCUT2D eigenvalue weighted by Crippen LogP contribution is -2.18. The van der Waals surface area contributed by atoms with E-state index in [9.17, 15) is 17.6 Å². The van der Waals surface area contributed by atoms with Crippen molar-refractivity contribution in [2.45, 2.75) is 37.5 Å². The molecule has 0 spiro atoms. The largest absolute Gasteiger partial charge is 0.492 e. The number of aryl methyl sites for hydroxylation is 2. The van der Waals surface area contributed by atoms with E-state index in [4.69, 9.17) is 4.74 Å². The average Bonchev–Trinajstić information content (AvgIpc) is 3.10. The molecule has 2 aromatic carbocycles. The number of carbonyl (C=O) groups is 1. The normalized spacial score (nSPS) is 13.3. The third-order valence-electron chi connectivity index (χ3n) is 4.54. The third kappa shape index (κ3) is 4.66. The molecule has 0 bridgehead atoms. The molecular weight excluding hydrogens is 369 g/mol. The van der Waals surface area contributed by atoms with Crippen LogP contribution in [-0.2, 0) is 27.5 Å². The molecule has 0 aliphatic heterocycles. The van der Waals surface area contributed by atoms with Crippen molar-refractivity contribution in [2.24, 2.45) is 0 Å². The van der Waals surface area contributed by atoms with Crippen LogP contribution in [0.15, 0.2) is 41.3 Å². The first kappa shape index (κ1) is 19.4. The highest BCUT2D eigenvalue weighted by Crippen LogP contribution is 2.27. The topological polar surface area (TPSA) is 72.5 Å². The minimum absolute atomic E-state index is 0.192. The molecule has 5 nitrogen and oxygen atoms in total. The van der Waals surface area contributed by atoms with E-state index in [1.54, 1.807) is 19.1 Å². The van der Waals surface area contributed by atoms with Gasteiger partial charge < -0.3 is 10.1 Å². The molecule has 1 aliphatic carbocycles. The first-order valence-electron chi connectivity index (χ1n) is 8.96. The van der Waals surface area contributed by atoms with Crippen LogP contribution in [-0.4, -0.2) is 26.7 Å². The number of benzene rings is 2. The Kier molecular flexibility index (Phi) is 5.79. The monoisotopic (exact) mass is 391 g/mol. The summed E-state index contributed by atoms with van der Waals surface area (Å²) in [5, 5.41) is 2.59. The summed E-state index contributed by atoms with van der Waals surface area (Å²) < 4.78 is 43.7. The van der Waals surface area contributed by atoms with Crippen LogP contribution < -0.4 is 10.1 Å². The Balaban J connectivity index is 1.65. The lowest BCUT2D eigenvalue weighted by Gasteiger charge is -2.12. The number of fused-ring (bicyclic) bond motifs is 1. The number of halogens is 1. The van der Waals surface area contributed by atoms with Crippen molar-refractivity contribution < 1.29 is 22.3 Å². The highest BCUT2D eigenvalue weighted by Gasteiger charge is 2.20. The summed E-state index contributed by atoms with van der Waals surface area (Å²) in [4.78, 5) is 12.5. The molecule has 1 aliphatic rings. The van der Waals surface area contributed by atoms with Crippen LogP contribution in [0.1, 0.15) is 30.9 Å². The molecule has 2 aromatic rings. The summed E-state index contributed by atoms with van der Waals surface area (Å²) >= 11 is 0. The van der Waals surface area contributed by atoms with Crippen LogP contribution in [0.25, 0.3) is 0 Å². The molecule has 0 radical (unpaired) electrons. The highest BCUT2D eigenvalue weighted by molar-refractivity contribution is 7.91. The van der Waals surface area contributed by atoms with Crippen LogP contribution in [0.3, 0.4) is 0 Å². The number of anilines is 1. The molecule has 1 amide bonds. The van der Waals surface area contributed by atoms with Crippen molar-refractivity contribution in [3.63, 3.8) is 0 Å². The second kappa shape index (κ2) is 8.08. The molecule has 0 saturated heterocycles. The zero-order chi connectivity index (χ0) is 19.4. The molecule has 0 heterocycles. The summed E-state index contributed by atoms with van der Waals surface area (Å²) in [5.41, 5.74) is 2.60. The average molecular weight is 391 g/mol. The van der Waals surface area contributed by atoms with E-state index in [0.717, 1.165) is 24.8 Å². The zero-order valence-electron chi connectivity index (χ0n) is 15.1. The van der Waals surface area contributed by atoms with Crippen molar-refractivity contribution in [3.8, 4) is 5.75 Å². The fraction of sp³-hybridized carbons (Fsp3) is 0.350. The van der Waals surface area contributed by atoms with Crippen molar-refractivity contribution >= 4 is 21.4 Å². The summed E-state index contributed by atoms with van der Waals surface area (Å²) in [6.45, 7) is 2.07. The van der Waals surface area contributed by atoms with Gasteiger partial charge in [0, 0.05) is 12.5 Å². The Labute approximate surface area is 158 Å². The number of hydrogen-bond acceptors (Lipinski definition) is 4. The van der Waals surface area contributed by atoms with Crippen molar-refractivity contribution in [3.05, 3.63) is 53.3 Å². The van der Waals surface area contributed by atoms with Crippen LogP contribution >= 0.6 is 0 Å². The molecule has 0 aromatic heterocycles. The van der Waals surface area contributed by atoms with Gasteiger partial charge in [0.15, 0.2) is 9.84 Å². The second-order valence-corrected chi connectivity index (χ2v) is 8.58. The summed E-state index contributed by atoms with van der Waals surface area (Å²) in [6.07, 6.45) is 2.73. The standard InChI is InChI=1S/C20H22FNO4S/c1-2-26-19-13-16(21)7-9-18(19)22-20(23)10-11-27(24,25)17-8-6-14-4-3-5-15(14)12-17/h6-9,12-13H,2-5,10-11H2,1H3,(H,22,23). The van der Waals surface area contributed by atoms with Crippen LogP contribution in [0.4, 0.5) is 10.1 Å². The van der Waals surface area contributed by atoms with Crippen LogP contribution in [0.5, 0.6) is 5.75 Å². The first-order chi connectivity index (χ1) is 12.9. The molecule has 0 unspecified atom stereocenters. The minimum atomic E-state index is -3.55. The summed E-state index contributed by atoms with van der Waals surface area (Å²) in [7, 11) is -3.55. The maximum atomic E-state index is 13.3. The minimum Gasteiger partial charge on any atom is -0.492 e. The van der Waals surface area contributed by atoms with Crippen molar-refractivity contribution in [1.82, 2.24) is 0 Å². The molecule has 1 N–H and O–H groups in total. The number of ether oxygens (including phenoxy) is 1. The van der Waals surface area contributed by atoms with Gasteiger partial charge in [-0.05, 0) is 61.6 Å². The van der Waals surface area contributed by atoms with Gasteiger partial charge in [0.25, 0.3) is 0 Å². The maximum absolute atomic E-state index is 13.3. The Morgan fingerprint density at radius 1 is 1.15 bits per heavy atom. The lowest BCUT2D eigenvalue weighted by atomic mass is 10.1. The Morgan fingerprint density at radius 2 is 1.93 bits per heavy atom. The molecule has 0 atom stereocenters. The van der Waals surface area contributed by atoms with E-state index in [1.165, 1.54) is 23.8 Å². The zero-order valence-corrected chi connectivity index (χ0v) is 15.9. The maximum Gasteiger partial charge on any atom is 0.225 e. The Hall–Kier alpha value is -2.41. The van der Waals surface area contributed by atoms with Crippen LogP contribution in [0, 0.1) is 5.82 Å². The van der Waals surface area contributed by atoms with Gasteiger partial charge in [-0.1, -0.05) is 6.07 Å². The number of rotatable bonds is 7. The number of sulfone groups is 1. The Morgan fingerprint density at radius 3 is 2.70 bits per heavy atom. The fourth-order valence-corrected chi connectivity index (χ4v) is 4.46. The van der Waals surface area contributed by atoms with Crippen molar-refractivity contribution in [2.75, 3.05) is 17.7 Å². The van der Waals surface area contributed by atoms with E-state index in [1.807, 2.05) is 6.07 Å². The van der Waals surface area contributed by atoms with Gasteiger partial charge >= 0.3 is 0 Å². The predicted octanol–water partition coefficient (Wildman–Crippen LogP) is 3.52. The fourth-order valence-electron chi connectivity index (χ4n) is 3.17. The smallest absolute Gasteiger partial charge is 0.225 e. The molecule has 0 saturated carbocycles. The molecule has 0 fully saturated rings. The van der Waals surface area contributed by atoms with Gasteiger partial charge in [-0.3, -0.25) is 4.79 Å². The molecule has 3 rings (SSSR count). The van der Waals surface area contributed by atoms with Gasteiger partial charge in [-0.15, -0.1) is 0 Å². The van der Waals surface area contributed by atoms with Gasteiger partial charge in [0.05, 0.1) is 22.9 Å². The molecule has 7 heteroatoms. The van der Waals surface area contributed by atoms with E-state index in [2.05, 4.69) is 5.32 Å². The third-order valence-corrected chi connectivity index (χ3v) is 6.26. The van der Waals surface area contributed by atoms with Gasteiger partial charge in [-0.25, -0.2) is 12.8 Å². The van der Waals surface area contributed by atoms with Crippen molar-refractivity contribution in [1.29, 1.82) is 0 Å². The van der Waals surface area contributed by atoms with E-state index in [0.29, 0.717) is 12.3 Å². The van der Waals surface area contributed by atoms with E-state index >= 15 is 0 Å². The van der Waals surface area contributed by atoms with Crippen LogP contribution in [0.2, 0.25) is 0 Å². The first-order valence-corrected chi connectivity index (χ1v) is 10.6. The lowest BCUT2D eigenvalue weighted by molar-refractivity contribution is -0.115. The molecular formula is C20H22FNO4S. The summed E-state index contributed by atoms with van der Waals surface area (Å²) in [5.74, 6) is -1.02. The quantitative estimate of drug-likeness (QED) is 0.784. The Bertz CT molecular complexity index is 956. The second-order valence-electron chi connectivity index (χ2n) is 6.47. The van der Waals surface area contributed by atoms with Gasteiger partial charge in [-0.2, -0.15) is 0 Å². The molecule has 144 valence electrons. The van der Waals surface area contributed by atoms with E-state index < -0.39 is 21.6 Å². The van der Waals surface area contributed by atoms with E-state index in [-0.39, 0.29) is 22.8 Å². The highest BCUT2D eigenvalue weighted by atomic mass is 32.2. The number of amides is 1. The number of carbonyl (C=O) groups excluding carboxylic acids is 1. The number of hydrogen-bond donors (Lipinski definition) is 1. The van der Waals surface area contributed by atoms with Gasteiger partial charge in [0.2, 0.25) is 5.91 Å². The number of nitrogens with one attached hydrogen (secondary N) is 1. The molecule has 27 heavy (non-hydrogen) atoms. The van der Waals surface area contributed by atoms with Gasteiger partial charge in [0.1, 0.15) is 11.6 Å². The SMILES string of the molecule is CCOc1cc(F)ccc1NC(=O)CCS(=O)(=O)c1ccc2c(c1)CCC2.